The lowest BCUT2D eigenvalue weighted by Gasteiger charge is -2.19. The first-order valence-electron chi connectivity index (χ1n) is 10.4. The molecule has 0 aliphatic carbocycles. The summed E-state index contributed by atoms with van der Waals surface area (Å²) in [4.78, 5) is 24.4. The van der Waals surface area contributed by atoms with E-state index in [1.807, 2.05) is 30.3 Å². The van der Waals surface area contributed by atoms with Crippen molar-refractivity contribution in [2.45, 2.75) is 11.5 Å². The Bertz CT molecular complexity index is 1290. The summed E-state index contributed by atoms with van der Waals surface area (Å²) in [5.41, 5.74) is 1.20. The van der Waals surface area contributed by atoms with Crippen LogP contribution in [0.2, 0.25) is 0 Å². The first kappa shape index (κ1) is 23.1. The van der Waals surface area contributed by atoms with Crippen molar-refractivity contribution in [1.29, 1.82) is 0 Å². The molecule has 0 saturated heterocycles. The molecule has 10 heteroatoms. The molecular formula is C24H22N2O7S. The van der Waals surface area contributed by atoms with E-state index >= 15 is 0 Å². The molecule has 3 aromatic carbocycles. The zero-order valence-electron chi connectivity index (χ0n) is 18.0. The van der Waals surface area contributed by atoms with Gasteiger partial charge < -0.3 is 19.5 Å². The molecule has 0 spiro atoms. The number of anilines is 1. The molecule has 0 radical (unpaired) electrons. The van der Waals surface area contributed by atoms with Gasteiger partial charge in [-0.15, -0.1) is 0 Å². The highest BCUT2D eigenvalue weighted by Crippen LogP contribution is 2.32. The van der Waals surface area contributed by atoms with Crippen molar-refractivity contribution >= 4 is 27.6 Å². The summed E-state index contributed by atoms with van der Waals surface area (Å²) in [7, 11) is -3.94. The fraction of sp³-hybridized carbons (Fsp3) is 0.167. The third kappa shape index (κ3) is 5.84. The Labute approximate surface area is 196 Å². The first-order valence-corrected chi connectivity index (χ1v) is 11.9. The molecule has 2 N–H and O–H groups in total. The highest BCUT2D eigenvalue weighted by atomic mass is 32.2. The van der Waals surface area contributed by atoms with Crippen molar-refractivity contribution in [1.82, 2.24) is 5.32 Å². The summed E-state index contributed by atoms with van der Waals surface area (Å²) >= 11 is 0. The Kier molecular flexibility index (Phi) is 6.98. The molecule has 34 heavy (non-hydrogen) atoms. The van der Waals surface area contributed by atoms with Crippen LogP contribution in [0.4, 0.5) is 5.69 Å². The van der Waals surface area contributed by atoms with E-state index in [1.165, 1.54) is 42.5 Å². The summed E-state index contributed by atoms with van der Waals surface area (Å²) in [5.74, 6) is -0.308. The number of amides is 1. The topological polar surface area (TPSA) is 120 Å². The minimum atomic E-state index is -3.94. The van der Waals surface area contributed by atoms with Crippen LogP contribution in [0.5, 0.6) is 11.5 Å². The van der Waals surface area contributed by atoms with E-state index in [4.69, 9.17) is 14.2 Å². The zero-order valence-corrected chi connectivity index (χ0v) is 18.8. The number of carbonyl (C=O) groups is 2. The van der Waals surface area contributed by atoms with E-state index in [1.54, 1.807) is 0 Å². The average molecular weight is 483 g/mol. The second kappa shape index (κ2) is 10.3. The van der Waals surface area contributed by atoms with Gasteiger partial charge in [-0.2, -0.15) is 0 Å². The summed E-state index contributed by atoms with van der Waals surface area (Å²) < 4.78 is 44.0. The predicted molar refractivity (Wildman–Crippen MR) is 123 cm³/mol. The first-order chi connectivity index (χ1) is 16.4. The van der Waals surface area contributed by atoms with Gasteiger partial charge in [0.1, 0.15) is 26.4 Å². The van der Waals surface area contributed by atoms with Crippen LogP contribution in [0.1, 0.15) is 15.9 Å². The number of carbonyl (C=O) groups excluding carboxylic acids is 2. The van der Waals surface area contributed by atoms with E-state index < -0.39 is 21.9 Å². The number of rotatable bonds is 8. The van der Waals surface area contributed by atoms with Gasteiger partial charge in [0.25, 0.3) is 15.9 Å². The summed E-state index contributed by atoms with van der Waals surface area (Å²) in [5, 5.41) is 2.47. The fourth-order valence-electron chi connectivity index (χ4n) is 3.17. The highest BCUT2D eigenvalue weighted by Gasteiger charge is 2.20. The van der Waals surface area contributed by atoms with Crippen LogP contribution in [0.3, 0.4) is 0 Å². The summed E-state index contributed by atoms with van der Waals surface area (Å²) in [6.07, 6.45) is 0. The maximum Gasteiger partial charge on any atom is 0.325 e. The molecule has 1 amide bonds. The van der Waals surface area contributed by atoms with Gasteiger partial charge in [0.05, 0.1) is 4.90 Å². The van der Waals surface area contributed by atoms with E-state index in [2.05, 4.69) is 10.0 Å². The zero-order chi connectivity index (χ0) is 24.0. The molecule has 0 fully saturated rings. The van der Waals surface area contributed by atoms with Gasteiger partial charge >= 0.3 is 5.97 Å². The number of esters is 1. The Hall–Kier alpha value is -4.05. The monoisotopic (exact) mass is 482 g/mol. The molecule has 0 bridgehead atoms. The summed E-state index contributed by atoms with van der Waals surface area (Å²) in [6, 6.07) is 19.4. The molecule has 1 aliphatic heterocycles. The summed E-state index contributed by atoms with van der Waals surface area (Å²) in [6.45, 7) is 0.517. The highest BCUT2D eigenvalue weighted by molar-refractivity contribution is 7.92. The molecule has 1 aliphatic rings. The Morgan fingerprint density at radius 2 is 1.65 bits per heavy atom. The molecule has 4 rings (SSSR count). The molecule has 0 saturated carbocycles. The second-order valence-electron chi connectivity index (χ2n) is 7.32. The van der Waals surface area contributed by atoms with Crippen LogP contribution < -0.4 is 19.5 Å². The quantitative estimate of drug-likeness (QED) is 0.474. The van der Waals surface area contributed by atoms with Crippen molar-refractivity contribution < 1.29 is 32.2 Å². The number of ether oxygens (including phenoxy) is 3. The lowest BCUT2D eigenvalue weighted by atomic mass is 10.2. The average Bonchev–Trinajstić information content (AvgIpc) is 2.86. The van der Waals surface area contributed by atoms with Crippen LogP contribution in [-0.2, 0) is 26.2 Å². The lowest BCUT2D eigenvalue weighted by Crippen LogP contribution is -2.30. The normalized spacial score (nSPS) is 12.5. The molecule has 1 heterocycles. The van der Waals surface area contributed by atoms with Gasteiger partial charge in [-0.05, 0) is 35.9 Å². The fourth-order valence-corrected chi connectivity index (χ4v) is 4.24. The molecule has 0 aromatic heterocycles. The maximum atomic E-state index is 12.8. The predicted octanol–water partition coefficient (Wildman–Crippen LogP) is 2.73. The molecule has 0 unspecified atom stereocenters. The molecule has 9 nitrogen and oxygen atoms in total. The Morgan fingerprint density at radius 1 is 0.882 bits per heavy atom. The van der Waals surface area contributed by atoms with Crippen LogP contribution in [-0.4, -0.2) is 40.1 Å². The standard InChI is InChI=1S/C24H22N2O7S/c27-23(33-16-17-5-2-1-3-6-17)15-25-24(28)18-7-4-8-19(13-18)26-34(29,30)20-9-10-21-22(14-20)32-12-11-31-21/h1-10,13-14,26H,11-12,15-16H2,(H,25,28). The van der Waals surface area contributed by atoms with E-state index in [0.29, 0.717) is 24.7 Å². The van der Waals surface area contributed by atoms with Gasteiger partial charge in [0.15, 0.2) is 11.5 Å². The number of sulfonamides is 1. The van der Waals surface area contributed by atoms with E-state index in [9.17, 15) is 18.0 Å². The van der Waals surface area contributed by atoms with E-state index in [0.717, 1.165) is 5.56 Å². The molecule has 176 valence electrons. The van der Waals surface area contributed by atoms with Crippen molar-refractivity contribution in [3.63, 3.8) is 0 Å². The van der Waals surface area contributed by atoms with Crippen LogP contribution >= 0.6 is 0 Å². The van der Waals surface area contributed by atoms with Crippen LogP contribution in [0.25, 0.3) is 0 Å². The Balaban J connectivity index is 1.35. The third-order valence-electron chi connectivity index (χ3n) is 4.84. The second-order valence-corrected chi connectivity index (χ2v) is 9.00. The number of nitrogens with one attached hydrogen (secondary N) is 2. The number of benzene rings is 3. The van der Waals surface area contributed by atoms with Crippen molar-refractivity contribution in [3.05, 3.63) is 83.9 Å². The van der Waals surface area contributed by atoms with Gasteiger partial charge in [-0.1, -0.05) is 36.4 Å². The largest absolute Gasteiger partial charge is 0.486 e. The van der Waals surface area contributed by atoms with Crippen LogP contribution in [0.15, 0.2) is 77.7 Å². The minimum absolute atomic E-state index is 0.00670. The lowest BCUT2D eigenvalue weighted by molar-refractivity contribution is -0.143. The SMILES string of the molecule is O=C(CNC(=O)c1cccc(NS(=O)(=O)c2ccc3c(c2)OCCO3)c1)OCc1ccccc1. The third-order valence-corrected chi connectivity index (χ3v) is 6.22. The number of hydrogen-bond acceptors (Lipinski definition) is 7. The van der Waals surface area contributed by atoms with Gasteiger partial charge in [-0.3, -0.25) is 14.3 Å². The molecule has 3 aromatic rings. The van der Waals surface area contributed by atoms with Gasteiger partial charge in [0.2, 0.25) is 0 Å². The smallest absolute Gasteiger partial charge is 0.325 e. The van der Waals surface area contributed by atoms with Crippen LogP contribution in [0, 0.1) is 0 Å². The van der Waals surface area contributed by atoms with Crippen molar-refractivity contribution in [2.75, 3.05) is 24.5 Å². The maximum absolute atomic E-state index is 12.8. The van der Waals surface area contributed by atoms with Crippen molar-refractivity contribution in [3.8, 4) is 11.5 Å². The number of hydrogen-bond donors (Lipinski definition) is 2. The Morgan fingerprint density at radius 3 is 2.44 bits per heavy atom. The van der Waals surface area contributed by atoms with E-state index in [-0.39, 0.29) is 29.3 Å². The van der Waals surface area contributed by atoms with Gasteiger partial charge in [0, 0.05) is 17.3 Å². The number of fused-ring (bicyclic) bond motifs is 1. The van der Waals surface area contributed by atoms with Gasteiger partial charge in [-0.25, -0.2) is 8.42 Å². The molecule has 0 atom stereocenters. The molecular weight excluding hydrogens is 460 g/mol. The van der Waals surface area contributed by atoms with Crippen molar-refractivity contribution in [2.24, 2.45) is 0 Å². The minimum Gasteiger partial charge on any atom is -0.486 e.